The molecule has 0 saturated heterocycles. The van der Waals surface area contributed by atoms with E-state index < -0.39 is 20.3 Å². The summed E-state index contributed by atoms with van der Waals surface area (Å²) in [5, 5.41) is 11.5. The highest BCUT2D eigenvalue weighted by Crippen LogP contribution is 2.35. The second kappa shape index (κ2) is 9.37. The van der Waals surface area contributed by atoms with E-state index in [-0.39, 0.29) is 5.84 Å². The van der Waals surface area contributed by atoms with E-state index in [0.717, 1.165) is 11.4 Å². The van der Waals surface area contributed by atoms with Gasteiger partial charge >= 0.3 is 13.8 Å². The number of carbonyl (C=O) groups is 1. The summed E-state index contributed by atoms with van der Waals surface area (Å²) in [6.07, 6.45) is 0. The van der Waals surface area contributed by atoms with Crippen LogP contribution in [0.25, 0.3) is 0 Å². The lowest BCUT2D eigenvalue weighted by molar-refractivity contribution is -0.133. The number of carbonyl (C=O) groups excluding carboxylic acids is 1. The molecule has 4 N–H and O–H groups in total. The number of anilines is 3. The van der Waals surface area contributed by atoms with Gasteiger partial charge in [-0.25, -0.2) is 9.36 Å². The molecule has 0 fully saturated rings. The lowest BCUT2D eigenvalue weighted by atomic mass is 10.1. The summed E-state index contributed by atoms with van der Waals surface area (Å²) in [5.74, 6) is -0.806. The van der Waals surface area contributed by atoms with Gasteiger partial charge in [0.1, 0.15) is 12.4 Å². The average molecular weight is 425 g/mol. The van der Waals surface area contributed by atoms with Gasteiger partial charge in [-0.1, -0.05) is 36.4 Å². The molecule has 3 rings (SSSR count). The number of hydrogen-bond acceptors (Lipinski definition) is 5. The van der Waals surface area contributed by atoms with Gasteiger partial charge in [0.25, 0.3) is 0 Å². The predicted octanol–water partition coefficient (Wildman–Crippen LogP) is 3.90. The van der Waals surface area contributed by atoms with Crippen molar-refractivity contribution in [1.82, 2.24) is 0 Å². The van der Waals surface area contributed by atoms with E-state index in [1.807, 2.05) is 65.6 Å². The van der Waals surface area contributed by atoms with Gasteiger partial charge in [-0.3, -0.25) is 20.1 Å². The van der Waals surface area contributed by atoms with Crippen molar-refractivity contribution in [2.45, 2.75) is 0 Å². The molecule has 3 aromatic carbocycles. The minimum Gasteiger partial charge on any atom is -0.375 e. The molecule has 30 heavy (non-hydrogen) atoms. The van der Waals surface area contributed by atoms with Crippen LogP contribution in [0.1, 0.15) is 5.56 Å². The van der Waals surface area contributed by atoms with E-state index >= 15 is 0 Å². The van der Waals surface area contributed by atoms with Crippen molar-refractivity contribution >= 4 is 36.7 Å². The van der Waals surface area contributed by atoms with Crippen LogP contribution in [-0.2, 0) is 13.9 Å². The highest BCUT2D eigenvalue weighted by molar-refractivity contribution is 7.46. The number of phosphoric acid groups is 1. The Labute approximate surface area is 173 Å². The molecule has 0 saturated carbocycles. The first-order valence-corrected chi connectivity index (χ1v) is 10.5. The van der Waals surface area contributed by atoms with Crippen molar-refractivity contribution < 1.29 is 23.7 Å². The molecule has 0 radical (unpaired) electrons. The zero-order chi connectivity index (χ0) is 21.6. The molecule has 154 valence electrons. The van der Waals surface area contributed by atoms with Crippen molar-refractivity contribution in [3.8, 4) is 0 Å². The van der Waals surface area contributed by atoms with Crippen LogP contribution in [0.4, 0.5) is 17.1 Å². The van der Waals surface area contributed by atoms with E-state index in [0.29, 0.717) is 11.3 Å². The molecule has 0 aliphatic heterocycles. The molecule has 8 nitrogen and oxygen atoms in total. The minimum atomic E-state index is -4.86. The zero-order valence-electron chi connectivity index (χ0n) is 15.8. The molecule has 0 heterocycles. The van der Waals surface area contributed by atoms with Gasteiger partial charge in [0.05, 0.1) is 0 Å². The van der Waals surface area contributed by atoms with Crippen molar-refractivity contribution in [2.24, 2.45) is 0 Å². The van der Waals surface area contributed by atoms with E-state index in [1.54, 1.807) is 24.3 Å². The number of phosphoric ester groups is 1. The first-order chi connectivity index (χ1) is 14.3. The fourth-order valence-electron chi connectivity index (χ4n) is 2.78. The van der Waals surface area contributed by atoms with Crippen LogP contribution in [0.5, 0.6) is 0 Å². The van der Waals surface area contributed by atoms with Crippen LogP contribution >= 0.6 is 7.82 Å². The Morgan fingerprint density at radius 3 is 1.87 bits per heavy atom. The highest BCUT2D eigenvalue weighted by atomic mass is 31.2. The number of benzene rings is 3. The van der Waals surface area contributed by atoms with E-state index in [9.17, 15) is 9.36 Å². The number of amidine groups is 1. The van der Waals surface area contributed by atoms with Crippen LogP contribution in [0.3, 0.4) is 0 Å². The Morgan fingerprint density at radius 2 is 1.40 bits per heavy atom. The van der Waals surface area contributed by atoms with Gasteiger partial charge in [0.15, 0.2) is 0 Å². The largest absolute Gasteiger partial charge is 0.527 e. The van der Waals surface area contributed by atoms with Crippen LogP contribution in [-0.4, -0.2) is 28.1 Å². The molecule has 0 unspecified atom stereocenters. The van der Waals surface area contributed by atoms with Crippen molar-refractivity contribution in [1.29, 1.82) is 5.41 Å². The number of nitrogens with one attached hydrogen (secondary N) is 2. The zero-order valence-corrected chi connectivity index (χ0v) is 16.7. The van der Waals surface area contributed by atoms with Crippen molar-refractivity contribution in [2.75, 3.05) is 16.8 Å². The maximum Gasteiger partial charge on any atom is 0.527 e. The summed E-state index contributed by atoms with van der Waals surface area (Å²) < 4.78 is 14.6. The fourth-order valence-corrected chi connectivity index (χ4v) is 3.11. The lowest BCUT2D eigenvalue weighted by Crippen LogP contribution is -2.26. The van der Waals surface area contributed by atoms with Gasteiger partial charge in [0, 0.05) is 22.6 Å². The normalized spacial score (nSPS) is 10.9. The van der Waals surface area contributed by atoms with Crippen molar-refractivity contribution in [3.05, 3.63) is 90.5 Å². The van der Waals surface area contributed by atoms with Crippen LogP contribution in [0.2, 0.25) is 0 Å². The topological polar surface area (TPSA) is 123 Å². The summed E-state index contributed by atoms with van der Waals surface area (Å²) in [4.78, 5) is 30.5. The molecular weight excluding hydrogens is 405 g/mol. The Hall–Kier alpha value is -3.45. The number of nitrogens with zero attached hydrogens (tertiary/aromatic N) is 1. The number of para-hydroxylation sites is 2. The van der Waals surface area contributed by atoms with Gasteiger partial charge in [-0.15, -0.1) is 0 Å². The van der Waals surface area contributed by atoms with Gasteiger partial charge < -0.3 is 9.84 Å². The van der Waals surface area contributed by atoms with Crippen LogP contribution < -0.4 is 10.2 Å². The SMILES string of the molecule is N=C(c1ccc(NCC(=O)OP(=O)(O)O)cc1)N(c1ccccc1)c1ccccc1. The summed E-state index contributed by atoms with van der Waals surface area (Å²) in [6.45, 7) is -0.401. The molecule has 0 spiro atoms. The first-order valence-electron chi connectivity index (χ1n) is 8.94. The first kappa shape index (κ1) is 21.3. The summed E-state index contributed by atoms with van der Waals surface area (Å²) >= 11 is 0. The highest BCUT2D eigenvalue weighted by Gasteiger charge is 2.20. The quantitative estimate of drug-likeness (QED) is 0.257. The van der Waals surface area contributed by atoms with E-state index in [1.165, 1.54) is 0 Å². The van der Waals surface area contributed by atoms with E-state index in [2.05, 4.69) is 9.84 Å². The molecule has 9 heteroatoms. The van der Waals surface area contributed by atoms with Gasteiger partial charge in [0.2, 0.25) is 0 Å². The maximum absolute atomic E-state index is 11.4. The molecule has 0 aromatic heterocycles. The molecule has 0 bridgehead atoms. The Bertz CT molecular complexity index is 1010. The molecular formula is C21H20N3O5P. The molecule has 0 atom stereocenters. The Balaban J connectivity index is 1.76. The summed E-state index contributed by atoms with van der Waals surface area (Å²) in [6, 6.07) is 25.9. The standard InChI is InChI=1S/C21H20N3O5P/c22-21(24(18-7-3-1-4-8-18)19-9-5-2-6-10-19)16-11-13-17(14-12-16)23-15-20(25)29-30(26,27)28/h1-14,22-23H,15H2,(H2,26,27,28). The molecule has 3 aromatic rings. The van der Waals surface area contributed by atoms with Crippen molar-refractivity contribution in [3.63, 3.8) is 0 Å². The third-order valence-electron chi connectivity index (χ3n) is 4.07. The second-order valence-electron chi connectivity index (χ2n) is 6.24. The second-order valence-corrected chi connectivity index (χ2v) is 7.40. The number of hydrogen-bond donors (Lipinski definition) is 4. The smallest absolute Gasteiger partial charge is 0.375 e. The molecule has 0 aliphatic rings. The average Bonchev–Trinajstić information content (AvgIpc) is 2.73. The predicted molar refractivity (Wildman–Crippen MR) is 115 cm³/mol. The molecule has 0 aliphatic carbocycles. The number of rotatable bonds is 7. The fraction of sp³-hybridized carbons (Fsp3) is 0.0476. The summed E-state index contributed by atoms with van der Waals surface area (Å²) in [5.41, 5.74) is 2.87. The van der Waals surface area contributed by atoms with Gasteiger partial charge in [-0.2, -0.15) is 0 Å². The maximum atomic E-state index is 11.4. The minimum absolute atomic E-state index is 0.264. The Kier molecular flexibility index (Phi) is 6.64. The monoisotopic (exact) mass is 425 g/mol. The summed E-state index contributed by atoms with van der Waals surface area (Å²) in [7, 11) is -4.86. The lowest BCUT2D eigenvalue weighted by Gasteiger charge is -2.25. The van der Waals surface area contributed by atoms with Crippen LogP contribution in [0.15, 0.2) is 84.9 Å². The molecule has 0 amide bonds. The Morgan fingerprint density at radius 1 is 0.900 bits per heavy atom. The van der Waals surface area contributed by atoms with Gasteiger partial charge in [-0.05, 0) is 48.5 Å². The third-order valence-corrected chi connectivity index (χ3v) is 4.51. The van der Waals surface area contributed by atoms with E-state index in [4.69, 9.17) is 15.2 Å². The third kappa shape index (κ3) is 5.78. The van der Waals surface area contributed by atoms with Crippen LogP contribution in [0, 0.1) is 5.41 Å².